The molecule has 5 N–H and O–H groups in total. The molecule has 0 fully saturated rings. The molecule has 0 aliphatic rings. The Balaban J connectivity index is 2.25. The number of nitrogens with one attached hydrogen (secondary N) is 3. The molecule has 0 aliphatic carbocycles. The Morgan fingerprint density at radius 1 is 1.03 bits per heavy atom. The van der Waals surface area contributed by atoms with Gasteiger partial charge in [0, 0.05) is 24.0 Å². The molecular formula is C25H32ClN3O6. The number of aliphatic carboxylic acids is 1. The van der Waals surface area contributed by atoms with Gasteiger partial charge in [-0.3, -0.25) is 9.59 Å². The van der Waals surface area contributed by atoms with E-state index in [1.54, 1.807) is 36.4 Å². The highest BCUT2D eigenvalue weighted by molar-refractivity contribution is 6.31. The summed E-state index contributed by atoms with van der Waals surface area (Å²) in [6.45, 7) is 6.14. The zero-order chi connectivity index (χ0) is 26.0. The maximum atomic E-state index is 13.2. The molecule has 0 bridgehead atoms. The van der Waals surface area contributed by atoms with Crippen molar-refractivity contribution in [3.63, 3.8) is 0 Å². The van der Waals surface area contributed by atoms with Gasteiger partial charge in [-0.15, -0.1) is 0 Å². The molecule has 35 heavy (non-hydrogen) atoms. The van der Waals surface area contributed by atoms with Crippen LogP contribution in [0.4, 0.5) is 0 Å². The minimum absolute atomic E-state index is 0.0969. The molecule has 10 heteroatoms. The van der Waals surface area contributed by atoms with E-state index in [1.165, 1.54) is 13.0 Å². The number of hydrogen-bond acceptors (Lipinski definition) is 6. The third kappa shape index (κ3) is 9.20. The van der Waals surface area contributed by atoms with E-state index in [0.29, 0.717) is 23.9 Å². The number of hydrogen-bond donors (Lipinski definition) is 5. The number of ether oxygens (including phenoxy) is 1. The van der Waals surface area contributed by atoms with Gasteiger partial charge in [-0.05, 0) is 30.7 Å². The van der Waals surface area contributed by atoms with Crippen LogP contribution in [0, 0.1) is 0 Å². The van der Waals surface area contributed by atoms with E-state index in [9.17, 15) is 24.6 Å². The van der Waals surface area contributed by atoms with Gasteiger partial charge in [0.05, 0.1) is 11.7 Å². The van der Waals surface area contributed by atoms with Gasteiger partial charge in [-0.1, -0.05) is 55.8 Å². The number of benzene rings is 2. The summed E-state index contributed by atoms with van der Waals surface area (Å²) in [5.74, 6) is -2.46. The third-order valence-electron chi connectivity index (χ3n) is 5.05. The normalized spacial score (nSPS) is 13.5. The van der Waals surface area contributed by atoms with Crippen LogP contribution in [-0.4, -0.2) is 65.4 Å². The lowest BCUT2D eigenvalue weighted by Crippen LogP contribution is -2.55. The van der Waals surface area contributed by atoms with Crippen molar-refractivity contribution >= 4 is 29.4 Å². The lowest BCUT2D eigenvalue weighted by atomic mass is 10.0. The molecule has 0 unspecified atom stereocenters. The predicted octanol–water partition coefficient (Wildman–Crippen LogP) is 2.01. The van der Waals surface area contributed by atoms with Gasteiger partial charge >= 0.3 is 5.97 Å². The maximum Gasteiger partial charge on any atom is 0.328 e. The van der Waals surface area contributed by atoms with Crippen LogP contribution in [0.5, 0.6) is 5.75 Å². The number of carbonyl (C=O) groups excluding carboxylic acids is 2. The van der Waals surface area contributed by atoms with Gasteiger partial charge in [0.1, 0.15) is 18.4 Å². The predicted molar refractivity (Wildman–Crippen MR) is 133 cm³/mol. The number of aliphatic hydroxyl groups is 1. The minimum Gasteiger partial charge on any atom is -0.491 e. The van der Waals surface area contributed by atoms with Crippen LogP contribution >= 0.6 is 11.6 Å². The second-order valence-corrected chi connectivity index (χ2v) is 8.82. The standard InChI is InChI=1S/C25H32ClN3O6/c1-15(2)27-11-12-35-21-10-9-18(26)14-19(21)23(31)28-20(13-17-7-5-4-6-8-17)24(32)29-22(16(3)30)25(33)34/h4-10,14-16,20,22,27,30H,11-13H2,1-3H3,(H,28,31)(H,29,32)(H,33,34)/t16-,20+,22+/m1/s1. The van der Waals surface area contributed by atoms with E-state index < -0.39 is 36.0 Å². The smallest absolute Gasteiger partial charge is 0.328 e. The first-order valence-corrected chi connectivity index (χ1v) is 11.7. The molecular weight excluding hydrogens is 474 g/mol. The van der Waals surface area contributed by atoms with E-state index in [0.717, 1.165) is 5.56 Å². The molecule has 0 aliphatic heterocycles. The van der Waals surface area contributed by atoms with Crippen molar-refractivity contribution < 1.29 is 29.3 Å². The monoisotopic (exact) mass is 505 g/mol. The first kappa shape index (κ1) is 28.1. The summed E-state index contributed by atoms with van der Waals surface area (Å²) in [4.78, 5) is 37.7. The van der Waals surface area contributed by atoms with Crippen LogP contribution in [0.3, 0.4) is 0 Å². The lowest BCUT2D eigenvalue weighted by Gasteiger charge is -2.23. The molecule has 2 aromatic rings. The van der Waals surface area contributed by atoms with E-state index in [2.05, 4.69) is 16.0 Å². The van der Waals surface area contributed by atoms with Crippen LogP contribution in [0.2, 0.25) is 5.02 Å². The first-order chi connectivity index (χ1) is 16.6. The van der Waals surface area contributed by atoms with Crippen LogP contribution in [0.25, 0.3) is 0 Å². The largest absolute Gasteiger partial charge is 0.491 e. The SMILES string of the molecule is CC(C)NCCOc1ccc(Cl)cc1C(=O)N[C@@H](Cc1ccccc1)C(=O)N[C@H](C(=O)O)[C@@H](C)O. The van der Waals surface area contributed by atoms with Crippen molar-refractivity contribution in [1.82, 2.24) is 16.0 Å². The molecule has 9 nitrogen and oxygen atoms in total. The van der Waals surface area contributed by atoms with E-state index in [1.807, 2.05) is 19.9 Å². The Morgan fingerprint density at radius 3 is 2.31 bits per heavy atom. The Labute approximate surface area is 209 Å². The summed E-state index contributed by atoms with van der Waals surface area (Å²) in [5, 5.41) is 27.6. The first-order valence-electron chi connectivity index (χ1n) is 11.3. The number of aliphatic hydroxyl groups excluding tert-OH is 1. The number of carboxylic acid groups (broad SMARTS) is 1. The van der Waals surface area contributed by atoms with Crippen molar-refractivity contribution in [2.45, 2.75) is 51.4 Å². The fourth-order valence-electron chi connectivity index (χ4n) is 3.25. The summed E-state index contributed by atoms with van der Waals surface area (Å²) >= 11 is 6.11. The molecule has 2 amide bonds. The molecule has 0 aromatic heterocycles. The summed E-state index contributed by atoms with van der Waals surface area (Å²) in [6, 6.07) is 11.2. The van der Waals surface area contributed by atoms with Crippen molar-refractivity contribution in [3.8, 4) is 5.75 Å². The lowest BCUT2D eigenvalue weighted by molar-refractivity contribution is -0.145. The minimum atomic E-state index is -1.53. The van der Waals surface area contributed by atoms with Crippen molar-refractivity contribution in [2.24, 2.45) is 0 Å². The molecule has 190 valence electrons. The average Bonchev–Trinajstić information content (AvgIpc) is 2.80. The summed E-state index contributed by atoms with van der Waals surface area (Å²) < 4.78 is 5.76. The maximum absolute atomic E-state index is 13.2. The Morgan fingerprint density at radius 2 is 1.71 bits per heavy atom. The molecule has 0 saturated heterocycles. The number of rotatable bonds is 13. The Kier molecular flexibility index (Phi) is 11.0. The van der Waals surface area contributed by atoms with Crippen LogP contribution in [0.15, 0.2) is 48.5 Å². The highest BCUT2D eigenvalue weighted by Crippen LogP contribution is 2.23. The van der Waals surface area contributed by atoms with Gasteiger partial charge in [-0.2, -0.15) is 0 Å². The van der Waals surface area contributed by atoms with Crippen molar-refractivity contribution in [1.29, 1.82) is 0 Å². The van der Waals surface area contributed by atoms with Crippen LogP contribution in [0.1, 0.15) is 36.7 Å². The van der Waals surface area contributed by atoms with Crippen LogP contribution < -0.4 is 20.7 Å². The van der Waals surface area contributed by atoms with Crippen molar-refractivity contribution in [2.75, 3.05) is 13.2 Å². The zero-order valence-corrected chi connectivity index (χ0v) is 20.7. The summed E-state index contributed by atoms with van der Waals surface area (Å²) in [6.07, 6.45) is -1.24. The number of amides is 2. The quantitative estimate of drug-likeness (QED) is 0.263. The Bertz CT molecular complexity index is 1000. The fraction of sp³-hybridized carbons (Fsp3) is 0.400. The number of carbonyl (C=O) groups is 3. The van der Waals surface area contributed by atoms with Gasteiger partial charge in [0.25, 0.3) is 5.91 Å². The molecule has 3 atom stereocenters. The molecule has 2 aromatic carbocycles. The molecule has 2 rings (SSSR count). The van der Waals surface area contributed by atoms with E-state index >= 15 is 0 Å². The number of carboxylic acids is 1. The third-order valence-corrected chi connectivity index (χ3v) is 5.28. The average molecular weight is 506 g/mol. The van der Waals surface area contributed by atoms with E-state index in [4.69, 9.17) is 16.3 Å². The van der Waals surface area contributed by atoms with Gasteiger partial charge < -0.3 is 30.9 Å². The molecule has 0 saturated carbocycles. The number of halogens is 1. The summed E-state index contributed by atoms with van der Waals surface area (Å²) in [7, 11) is 0. The van der Waals surface area contributed by atoms with E-state index in [-0.39, 0.29) is 18.0 Å². The van der Waals surface area contributed by atoms with Gasteiger partial charge in [0.2, 0.25) is 5.91 Å². The topological polar surface area (TPSA) is 137 Å². The zero-order valence-electron chi connectivity index (χ0n) is 20.0. The second kappa shape index (κ2) is 13.7. The highest BCUT2D eigenvalue weighted by atomic mass is 35.5. The summed E-state index contributed by atoms with van der Waals surface area (Å²) in [5.41, 5.74) is 0.886. The molecule has 0 spiro atoms. The molecule has 0 radical (unpaired) electrons. The molecule has 0 heterocycles. The highest BCUT2D eigenvalue weighted by Gasteiger charge is 2.30. The van der Waals surface area contributed by atoms with Crippen LogP contribution in [-0.2, 0) is 16.0 Å². The second-order valence-electron chi connectivity index (χ2n) is 8.38. The van der Waals surface area contributed by atoms with Gasteiger partial charge in [-0.25, -0.2) is 4.79 Å². The van der Waals surface area contributed by atoms with Gasteiger partial charge in [0.15, 0.2) is 6.04 Å². The van der Waals surface area contributed by atoms with Crippen molar-refractivity contribution in [3.05, 3.63) is 64.7 Å². The fourth-order valence-corrected chi connectivity index (χ4v) is 3.42. The Hall–Kier alpha value is -3.14.